The molecule has 1 fully saturated rings. The normalized spacial score (nSPS) is 19.4. The number of fused-ring (bicyclic) bond motifs is 5. The third kappa shape index (κ3) is 2.91. The van der Waals surface area contributed by atoms with Crippen molar-refractivity contribution in [3.63, 3.8) is 0 Å². The Morgan fingerprint density at radius 2 is 1.88 bits per heavy atom. The number of nitrogens with zero attached hydrogens (tertiary/aromatic N) is 4. The summed E-state index contributed by atoms with van der Waals surface area (Å²) in [5, 5.41) is 4.62. The number of benzene rings is 2. The second-order valence-electron chi connectivity index (χ2n) is 8.67. The van der Waals surface area contributed by atoms with Crippen LogP contribution in [0.5, 0.6) is 0 Å². The molecule has 1 amide bonds. The van der Waals surface area contributed by atoms with E-state index in [1.165, 1.54) is 0 Å². The van der Waals surface area contributed by atoms with Crippen LogP contribution in [0.4, 0.5) is 13.2 Å². The highest BCUT2D eigenvalue weighted by molar-refractivity contribution is 5.98. The third-order valence-corrected chi connectivity index (χ3v) is 6.67. The van der Waals surface area contributed by atoms with Crippen molar-refractivity contribution in [2.24, 2.45) is 7.05 Å². The second-order valence-corrected chi connectivity index (χ2v) is 8.67. The van der Waals surface area contributed by atoms with Gasteiger partial charge >= 0.3 is 0 Å². The highest BCUT2D eigenvalue weighted by atomic mass is 19.2. The summed E-state index contributed by atoms with van der Waals surface area (Å²) in [6.45, 7) is 1.76. The van der Waals surface area contributed by atoms with E-state index in [9.17, 15) is 18.0 Å². The summed E-state index contributed by atoms with van der Waals surface area (Å²) in [6.07, 6.45) is 2.05. The fourth-order valence-electron chi connectivity index (χ4n) is 5.33. The van der Waals surface area contributed by atoms with Crippen LogP contribution in [0.1, 0.15) is 46.4 Å². The molecular weight excluding hydrogens is 433 g/mol. The Kier molecular flexibility index (Phi) is 4.21. The number of oxazole rings is 1. The summed E-state index contributed by atoms with van der Waals surface area (Å²) in [7, 11) is 1.69. The molecule has 1 saturated heterocycles. The van der Waals surface area contributed by atoms with Gasteiger partial charge in [0.1, 0.15) is 5.52 Å². The highest BCUT2D eigenvalue weighted by Gasteiger charge is 2.46. The molecule has 6 rings (SSSR count). The molecule has 2 bridgehead atoms. The van der Waals surface area contributed by atoms with Crippen molar-refractivity contribution in [3.05, 3.63) is 70.5 Å². The van der Waals surface area contributed by atoms with Gasteiger partial charge in [-0.05, 0) is 49.6 Å². The van der Waals surface area contributed by atoms with Gasteiger partial charge in [-0.15, -0.1) is 0 Å². The maximum atomic E-state index is 13.9. The first-order valence-electron chi connectivity index (χ1n) is 10.7. The summed E-state index contributed by atoms with van der Waals surface area (Å²) >= 11 is 0. The Labute approximate surface area is 186 Å². The van der Waals surface area contributed by atoms with Crippen LogP contribution in [0.3, 0.4) is 0 Å². The Bertz CT molecular complexity index is 1430. The van der Waals surface area contributed by atoms with Crippen molar-refractivity contribution in [2.45, 2.75) is 38.3 Å². The van der Waals surface area contributed by atoms with Crippen molar-refractivity contribution in [1.29, 1.82) is 0 Å². The van der Waals surface area contributed by atoms with E-state index in [0.717, 1.165) is 36.2 Å². The molecule has 9 heteroatoms. The zero-order chi connectivity index (χ0) is 23.0. The number of halogens is 3. The Balaban J connectivity index is 1.40. The van der Waals surface area contributed by atoms with Gasteiger partial charge in [-0.2, -0.15) is 5.10 Å². The third-order valence-electron chi connectivity index (χ3n) is 6.67. The van der Waals surface area contributed by atoms with E-state index in [4.69, 9.17) is 4.42 Å². The smallest absolute Gasteiger partial charge is 0.254 e. The molecule has 4 heterocycles. The predicted molar refractivity (Wildman–Crippen MR) is 113 cm³/mol. The molecule has 6 nitrogen and oxygen atoms in total. The minimum absolute atomic E-state index is 0.0692. The Hall–Kier alpha value is -3.62. The number of hydrogen-bond acceptors (Lipinski definition) is 4. The first-order valence-corrected chi connectivity index (χ1v) is 10.7. The van der Waals surface area contributed by atoms with Gasteiger partial charge in [0.15, 0.2) is 28.9 Å². The van der Waals surface area contributed by atoms with Crippen LogP contribution >= 0.6 is 0 Å². The van der Waals surface area contributed by atoms with E-state index in [1.54, 1.807) is 36.9 Å². The van der Waals surface area contributed by atoms with E-state index in [-0.39, 0.29) is 23.6 Å². The quantitative estimate of drug-likeness (QED) is 0.408. The van der Waals surface area contributed by atoms with Crippen LogP contribution in [0.2, 0.25) is 0 Å². The second kappa shape index (κ2) is 6.94. The molecule has 2 aliphatic rings. The van der Waals surface area contributed by atoms with E-state index >= 15 is 0 Å². The van der Waals surface area contributed by atoms with Crippen LogP contribution in [-0.2, 0) is 13.5 Å². The summed E-state index contributed by atoms with van der Waals surface area (Å²) < 4.78 is 48.5. The van der Waals surface area contributed by atoms with Gasteiger partial charge in [-0.25, -0.2) is 18.2 Å². The molecular formula is C24H19F3N4O2. The summed E-state index contributed by atoms with van der Waals surface area (Å²) in [5.74, 6) is -3.56. The van der Waals surface area contributed by atoms with Crippen molar-refractivity contribution in [2.75, 3.05) is 0 Å². The lowest BCUT2D eigenvalue weighted by Crippen LogP contribution is -2.41. The molecule has 0 N–H and O–H groups in total. The van der Waals surface area contributed by atoms with Crippen molar-refractivity contribution >= 4 is 17.0 Å². The number of hydrogen-bond donors (Lipinski definition) is 0. The van der Waals surface area contributed by atoms with Gasteiger partial charge in [0, 0.05) is 36.7 Å². The van der Waals surface area contributed by atoms with Crippen LogP contribution in [0.25, 0.3) is 22.4 Å². The largest absolute Gasteiger partial charge is 0.441 e. The molecule has 2 aromatic carbocycles. The lowest BCUT2D eigenvalue weighted by Gasteiger charge is -2.34. The van der Waals surface area contributed by atoms with E-state index in [0.29, 0.717) is 34.7 Å². The number of aryl methyl sites for hydroxylation is 2. The highest BCUT2D eigenvalue weighted by Crippen LogP contribution is 2.46. The maximum absolute atomic E-state index is 13.9. The van der Waals surface area contributed by atoms with E-state index in [2.05, 4.69) is 10.1 Å². The van der Waals surface area contributed by atoms with Crippen LogP contribution in [0.15, 0.2) is 34.7 Å². The standard InChI is InChI=1S/C24H19F3N4O2/c1-11-28-18-5-3-12(9-20(18)33-11)24(32)31-14-4-6-19(31)22-15(10-14)23(30(2)29-22)13-7-16(25)21(27)17(26)8-13/h3,5,7-9,14,19H,4,6,10H2,1-2H3. The minimum Gasteiger partial charge on any atom is -0.441 e. The van der Waals surface area contributed by atoms with E-state index < -0.39 is 17.5 Å². The molecule has 2 aliphatic heterocycles. The maximum Gasteiger partial charge on any atom is 0.254 e. The topological polar surface area (TPSA) is 64.2 Å². The number of rotatable bonds is 2. The predicted octanol–water partition coefficient (Wildman–Crippen LogP) is 4.86. The van der Waals surface area contributed by atoms with Gasteiger partial charge in [-0.1, -0.05) is 0 Å². The Morgan fingerprint density at radius 1 is 1.12 bits per heavy atom. The summed E-state index contributed by atoms with van der Waals surface area (Å²) in [4.78, 5) is 19.6. The molecule has 0 aliphatic carbocycles. The number of amides is 1. The Morgan fingerprint density at radius 3 is 2.64 bits per heavy atom. The number of aromatic nitrogens is 3. The number of carbonyl (C=O) groups is 1. The van der Waals surface area contributed by atoms with E-state index in [1.807, 2.05) is 4.90 Å². The monoisotopic (exact) mass is 452 g/mol. The molecule has 0 saturated carbocycles. The molecule has 0 spiro atoms. The molecule has 0 radical (unpaired) electrons. The number of carbonyl (C=O) groups excluding carboxylic acids is 1. The van der Waals surface area contributed by atoms with Crippen LogP contribution < -0.4 is 0 Å². The summed E-state index contributed by atoms with van der Waals surface area (Å²) in [5.41, 5.74) is 4.11. The van der Waals surface area contributed by atoms with Gasteiger partial charge in [0.2, 0.25) is 0 Å². The average Bonchev–Trinajstić information content (AvgIpc) is 3.42. The van der Waals surface area contributed by atoms with Gasteiger partial charge in [0.25, 0.3) is 5.91 Å². The van der Waals surface area contributed by atoms with Crippen LogP contribution in [0, 0.1) is 24.4 Å². The summed E-state index contributed by atoms with van der Waals surface area (Å²) in [6, 6.07) is 6.89. The zero-order valence-electron chi connectivity index (χ0n) is 17.9. The molecule has 2 atom stereocenters. The fourth-order valence-corrected chi connectivity index (χ4v) is 5.33. The van der Waals surface area contributed by atoms with Gasteiger partial charge in [0.05, 0.1) is 17.4 Å². The van der Waals surface area contributed by atoms with Crippen LogP contribution in [-0.4, -0.2) is 31.6 Å². The van der Waals surface area contributed by atoms with Crippen molar-refractivity contribution < 1.29 is 22.4 Å². The molecule has 168 valence electrons. The lowest BCUT2D eigenvalue weighted by atomic mass is 9.94. The lowest BCUT2D eigenvalue weighted by molar-refractivity contribution is 0.0642. The minimum atomic E-state index is -1.49. The first-order chi connectivity index (χ1) is 15.8. The van der Waals surface area contributed by atoms with Crippen molar-refractivity contribution in [3.8, 4) is 11.3 Å². The molecule has 33 heavy (non-hydrogen) atoms. The van der Waals surface area contributed by atoms with Gasteiger partial charge < -0.3 is 9.32 Å². The molecule has 2 unspecified atom stereocenters. The molecule has 2 aromatic heterocycles. The van der Waals surface area contributed by atoms with Gasteiger partial charge in [-0.3, -0.25) is 9.48 Å². The zero-order valence-corrected chi connectivity index (χ0v) is 17.9. The van der Waals surface area contributed by atoms with Crippen molar-refractivity contribution in [1.82, 2.24) is 19.7 Å². The first kappa shape index (κ1) is 20.0. The SMILES string of the molecule is Cc1nc2ccc(C(=O)N3C4CCC3c3nn(C)c(-c5cc(F)c(F)c(F)c5)c3C4)cc2o1. The molecule has 4 aromatic rings. The fraction of sp³-hybridized carbons (Fsp3) is 0.292. The average molecular weight is 452 g/mol.